The van der Waals surface area contributed by atoms with Crippen molar-refractivity contribution < 1.29 is 32.2 Å². The summed E-state index contributed by atoms with van der Waals surface area (Å²) < 4.78 is 33.5. The molecule has 2 atom stereocenters. The van der Waals surface area contributed by atoms with Crippen molar-refractivity contribution >= 4 is 56.4 Å². The van der Waals surface area contributed by atoms with Crippen molar-refractivity contribution in [2.24, 2.45) is 5.92 Å². The van der Waals surface area contributed by atoms with Gasteiger partial charge in [-0.25, -0.2) is 0 Å². The van der Waals surface area contributed by atoms with Crippen LogP contribution in [0.5, 0.6) is 0 Å². The van der Waals surface area contributed by atoms with Gasteiger partial charge in [0.15, 0.2) is 17.0 Å². The van der Waals surface area contributed by atoms with Crippen molar-refractivity contribution in [2.75, 3.05) is 31.3 Å². The number of benzene rings is 1. The molecule has 1 saturated heterocycles. The van der Waals surface area contributed by atoms with Crippen LogP contribution in [-0.4, -0.2) is 87.2 Å². The third kappa shape index (κ3) is 7.58. The van der Waals surface area contributed by atoms with E-state index in [9.17, 15) is 28.4 Å². The SMILES string of the molecule is CCN1C(=O)C(/C=C/C=C(\C#N)c2cc[n+]3c(c2)C(C)(C)c2cc(CN(CCCS(=O)(=O)O)C(=O)CCl)ccc2-3)C(O)N(CC)C1=S. The smallest absolute Gasteiger partial charge is 0.264 e. The number of hydrogen-bond acceptors (Lipinski definition) is 7. The van der Waals surface area contributed by atoms with Gasteiger partial charge in [-0.15, -0.1) is 11.6 Å². The number of fused-ring (bicyclic) bond motifs is 3. The van der Waals surface area contributed by atoms with Crippen LogP contribution in [0.4, 0.5) is 0 Å². The zero-order valence-corrected chi connectivity index (χ0v) is 29.1. The van der Waals surface area contributed by atoms with E-state index in [4.69, 9.17) is 28.4 Å². The fourth-order valence-corrected chi connectivity index (χ4v) is 7.17. The summed E-state index contributed by atoms with van der Waals surface area (Å²) in [7, 11) is -4.15. The van der Waals surface area contributed by atoms with Crippen molar-refractivity contribution in [3.63, 3.8) is 0 Å². The van der Waals surface area contributed by atoms with E-state index in [0.29, 0.717) is 29.3 Å². The summed E-state index contributed by atoms with van der Waals surface area (Å²) in [5.74, 6) is -2.18. The number of carbonyl (C=O) groups excluding carboxylic acids is 2. The first-order valence-electron chi connectivity index (χ1n) is 15.3. The molecule has 2 N–H and O–H groups in total. The molecule has 47 heavy (non-hydrogen) atoms. The molecule has 0 saturated carbocycles. The van der Waals surface area contributed by atoms with Crippen LogP contribution in [-0.2, 0) is 31.7 Å². The summed E-state index contributed by atoms with van der Waals surface area (Å²) in [6, 6.07) is 11.9. The van der Waals surface area contributed by atoms with Crippen molar-refractivity contribution in [3.8, 4) is 11.8 Å². The lowest BCUT2D eigenvalue weighted by Gasteiger charge is -2.42. The predicted molar refractivity (Wildman–Crippen MR) is 182 cm³/mol. The summed E-state index contributed by atoms with van der Waals surface area (Å²) in [4.78, 5) is 30.1. The zero-order chi connectivity index (χ0) is 34.7. The second-order valence-electron chi connectivity index (χ2n) is 11.9. The molecule has 11 nitrogen and oxygen atoms in total. The summed E-state index contributed by atoms with van der Waals surface area (Å²) in [6.45, 7) is 8.99. The molecule has 0 aliphatic carbocycles. The Kier molecular flexibility index (Phi) is 11.3. The van der Waals surface area contributed by atoms with Gasteiger partial charge in [0, 0.05) is 55.5 Å². The van der Waals surface area contributed by atoms with E-state index in [0.717, 1.165) is 22.5 Å². The van der Waals surface area contributed by atoms with E-state index >= 15 is 0 Å². The molecule has 2 aliphatic rings. The maximum absolute atomic E-state index is 13.0. The number of hydrogen-bond donors (Lipinski definition) is 2. The number of thiocarbonyl (C=S) groups is 1. The van der Waals surface area contributed by atoms with E-state index in [1.807, 2.05) is 50.4 Å². The van der Waals surface area contributed by atoms with Crippen LogP contribution in [0.25, 0.3) is 11.3 Å². The Morgan fingerprint density at radius 2 is 1.96 bits per heavy atom. The van der Waals surface area contributed by atoms with Crippen LogP contribution in [0.3, 0.4) is 0 Å². The van der Waals surface area contributed by atoms with Gasteiger partial charge in [-0.2, -0.15) is 18.2 Å². The van der Waals surface area contributed by atoms with Crippen molar-refractivity contribution in [1.29, 1.82) is 5.26 Å². The standard InChI is InChI=1S/C33H38ClN5O6S2/c1-5-37-30(41)25(31(42)38(6-2)32(37)46)10-7-9-24(20-35)23-13-15-39-27-12-11-22(17-26(27)33(3,4)28(39)18-23)21-36(29(40)19-34)14-8-16-47(43,44)45/h7,9-13,15,17-18,25,30,41H,5-6,8,14,16,19,21H2,1-4H3/p+1/b10-7+,24-9+. The van der Waals surface area contributed by atoms with Crippen LogP contribution < -0.4 is 4.57 Å². The number of aliphatic hydroxyl groups excluding tert-OH is 1. The van der Waals surface area contributed by atoms with Gasteiger partial charge in [0.2, 0.25) is 17.5 Å². The summed E-state index contributed by atoms with van der Waals surface area (Å²) >= 11 is 11.2. The average molecular weight is 701 g/mol. The quantitative estimate of drug-likeness (QED) is 0.0851. The molecule has 14 heteroatoms. The van der Waals surface area contributed by atoms with E-state index in [2.05, 4.69) is 24.5 Å². The van der Waals surface area contributed by atoms with Gasteiger partial charge in [-0.3, -0.25) is 19.0 Å². The summed E-state index contributed by atoms with van der Waals surface area (Å²) in [5, 5.41) is 21.2. The van der Waals surface area contributed by atoms with Crippen LogP contribution in [0.2, 0.25) is 0 Å². The minimum absolute atomic E-state index is 0.0753. The van der Waals surface area contributed by atoms with Crippen molar-refractivity contribution in [1.82, 2.24) is 14.7 Å². The molecule has 2 amide bonds. The number of pyridine rings is 1. The molecule has 0 spiro atoms. The monoisotopic (exact) mass is 700 g/mol. The van der Waals surface area contributed by atoms with E-state index < -0.39 is 33.4 Å². The maximum atomic E-state index is 13.0. The number of carbonyl (C=O) groups is 2. The third-order valence-electron chi connectivity index (χ3n) is 8.60. The molecule has 1 fully saturated rings. The Hall–Kier alpha value is -3.67. The number of alkyl halides is 1. The molecule has 3 heterocycles. The Bertz CT molecular complexity index is 1790. The second-order valence-corrected chi connectivity index (χ2v) is 14.1. The van der Waals surface area contributed by atoms with Crippen LogP contribution in [0.15, 0.2) is 54.8 Å². The van der Waals surface area contributed by atoms with Crippen LogP contribution in [0, 0.1) is 17.2 Å². The van der Waals surface area contributed by atoms with Crippen LogP contribution in [0.1, 0.15) is 56.5 Å². The Balaban J connectivity index is 1.58. The zero-order valence-electron chi connectivity index (χ0n) is 26.8. The number of halogens is 1. The normalized spacial score (nSPS) is 19.1. The third-order valence-corrected chi connectivity index (χ3v) is 10.1. The van der Waals surface area contributed by atoms with Gasteiger partial charge in [-0.1, -0.05) is 18.2 Å². The summed E-state index contributed by atoms with van der Waals surface area (Å²) in [6.07, 6.45) is 5.73. The topological polar surface area (TPSA) is 146 Å². The second kappa shape index (κ2) is 14.6. The lowest BCUT2D eigenvalue weighted by molar-refractivity contribution is -0.599. The van der Waals surface area contributed by atoms with Crippen LogP contribution >= 0.6 is 23.8 Å². The Morgan fingerprint density at radius 1 is 1.23 bits per heavy atom. The van der Waals surface area contributed by atoms with Gasteiger partial charge >= 0.3 is 0 Å². The fourth-order valence-electron chi connectivity index (χ4n) is 6.05. The highest BCUT2D eigenvalue weighted by atomic mass is 35.5. The number of aliphatic hydroxyl groups is 1. The Morgan fingerprint density at radius 3 is 2.57 bits per heavy atom. The predicted octanol–water partition coefficient (Wildman–Crippen LogP) is 3.31. The van der Waals surface area contributed by atoms with E-state index in [-0.39, 0.29) is 37.2 Å². The maximum Gasteiger partial charge on any atom is 0.264 e. The molecule has 0 bridgehead atoms. The molecule has 4 rings (SSSR count). The lowest BCUT2D eigenvalue weighted by atomic mass is 9.82. The Labute approximate surface area is 286 Å². The van der Waals surface area contributed by atoms with E-state index in [1.54, 1.807) is 23.1 Å². The van der Waals surface area contributed by atoms with Gasteiger partial charge in [0.1, 0.15) is 18.0 Å². The number of nitriles is 1. The first-order chi connectivity index (χ1) is 22.2. The highest BCUT2D eigenvalue weighted by Gasteiger charge is 2.44. The van der Waals surface area contributed by atoms with Crippen molar-refractivity contribution in [2.45, 2.75) is 52.3 Å². The molecule has 2 aromatic rings. The average Bonchev–Trinajstić information content (AvgIpc) is 3.25. The summed E-state index contributed by atoms with van der Waals surface area (Å²) in [5.41, 5.74) is 4.32. The molecule has 250 valence electrons. The highest BCUT2D eigenvalue weighted by Crippen LogP contribution is 2.39. The molecule has 1 aromatic carbocycles. The molecule has 0 radical (unpaired) electrons. The lowest BCUT2D eigenvalue weighted by Crippen LogP contribution is -2.60. The number of allylic oxidation sites excluding steroid dienone is 3. The van der Waals surface area contributed by atoms with E-state index in [1.165, 1.54) is 9.80 Å². The minimum Gasteiger partial charge on any atom is -0.372 e. The van der Waals surface area contributed by atoms with Crippen molar-refractivity contribution in [3.05, 3.63) is 77.1 Å². The number of rotatable bonds is 12. The van der Waals surface area contributed by atoms with Gasteiger partial charge in [-0.05, 0) is 64.0 Å². The van der Waals surface area contributed by atoms with Gasteiger partial charge in [0.25, 0.3) is 10.1 Å². The first-order valence-corrected chi connectivity index (χ1v) is 17.8. The largest absolute Gasteiger partial charge is 0.372 e. The minimum atomic E-state index is -4.15. The molecular weight excluding hydrogens is 662 g/mol. The number of nitrogens with zero attached hydrogens (tertiary/aromatic N) is 5. The molecule has 1 aromatic heterocycles. The number of amides is 2. The first kappa shape index (κ1) is 36.2. The van der Waals surface area contributed by atoms with Gasteiger partial charge in [0.05, 0.1) is 22.8 Å². The molecular formula is C33H39ClN5O6S2+. The van der Waals surface area contributed by atoms with Gasteiger partial charge < -0.3 is 14.9 Å². The molecule has 2 unspecified atom stereocenters. The number of aromatic nitrogens is 1. The highest BCUT2D eigenvalue weighted by molar-refractivity contribution is 7.85. The molecule has 2 aliphatic heterocycles. The fraction of sp³-hybridized carbons (Fsp3) is 0.424.